The van der Waals surface area contributed by atoms with Crippen molar-refractivity contribution < 1.29 is 19.1 Å². The first-order valence-corrected chi connectivity index (χ1v) is 9.80. The Balaban J connectivity index is 1.71. The first-order chi connectivity index (χ1) is 14.4. The molecular formula is C23H15Cl2NO4. The second-order valence-electron chi connectivity index (χ2n) is 6.77. The predicted octanol–water partition coefficient (Wildman–Crippen LogP) is 5.17. The molecule has 5 nitrogen and oxygen atoms in total. The zero-order chi connectivity index (χ0) is 21.4. The fourth-order valence-corrected chi connectivity index (χ4v) is 3.73. The number of amides is 2. The van der Waals surface area contributed by atoms with Crippen molar-refractivity contribution in [3.8, 4) is 0 Å². The number of nitrogens with zero attached hydrogens (tertiary/aromatic N) is 1. The summed E-state index contributed by atoms with van der Waals surface area (Å²) >= 11 is 12.5. The normalized spacial score (nSPS) is 13.9. The Morgan fingerprint density at radius 2 is 1.60 bits per heavy atom. The summed E-state index contributed by atoms with van der Waals surface area (Å²) in [6.07, 6.45) is -0.807. The van der Waals surface area contributed by atoms with Gasteiger partial charge < -0.3 is 4.74 Å². The molecule has 1 atom stereocenters. The molecule has 0 spiro atoms. The lowest BCUT2D eigenvalue weighted by atomic mass is 10.0. The Bertz CT molecular complexity index is 1180. The van der Waals surface area contributed by atoms with Gasteiger partial charge in [0.15, 0.2) is 6.10 Å². The van der Waals surface area contributed by atoms with Gasteiger partial charge in [0.05, 0.1) is 26.7 Å². The predicted molar refractivity (Wildman–Crippen MR) is 113 cm³/mol. The van der Waals surface area contributed by atoms with E-state index in [9.17, 15) is 14.4 Å². The van der Waals surface area contributed by atoms with Crippen molar-refractivity contribution in [2.75, 3.05) is 7.05 Å². The second-order valence-corrected chi connectivity index (χ2v) is 7.55. The monoisotopic (exact) mass is 439 g/mol. The first kappa shape index (κ1) is 20.1. The molecule has 4 rings (SSSR count). The smallest absolute Gasteiger partial charge is 0.339 e. The Morgan fingerprint density at radius 1 is 0.900 bits per heavy atom. The molecule has 1 unspecified atom stereocenters. The molecule has 0 saturated heterocycles. The zero-order valence-electron chi connectivity index (χ0n) is 15.8. The van der Waals surface area contributed by atoms with Crippen molar-refractivity contribution in [3.63, 3.8) is 0 Å². The largest absolute Gasteiger partial charge is 0.449 e. The molecule has 0 saturated carbocycles. The Labute approximate surface area is 182 Å². The molecule has 1 aliphatic rings. The van der Waals surface area contributed by atoms with Crippen LogP contribution in [0.2, 0.25) is 10.0 Å². The average molecular weight is 440 g/mol. The number of fused-ring (bicyclic) bond motifs is 1. The van der Waals surface area contributed by atoms with Crippen LogP contribution in [-0.2, 0) is 4.74 Å². The summed E-state index contributed by atoms with van der Waals surface area (Å²) in [5, 5.41) is 0.632. The number of carbonyl (C=O) groups excluding carboxylic acids is 3. The molecule has 0 radical (unpaired) electrons. The Hall–Kier alpha value is -3.15. The van der Waals surface area contributed by atoms with E-state index in [1.807, 2.05) is 30.3 Å². The summed E-state index contributed by atoms with van der Waals surface area (Å²) in [6, 6.07) is 18.5. The number of benzene rings is 3. The van der Waals surface area contributed by atoms with Crippen molar-refractivity contribution in [3.05, 3.63) is 105 Å². The molecule has 7 heteroatoms. The van der Waals surface area contributed by atoms with Crippen molar-refractivity contribution in [2.45, 2.75) is 6.10 Å². The molecule has 3 aromatic rings. The van der Waals surface area contributed by atoms with E-state index in [2.05, 4.69) is 0 Å². The number of rotatable bonds is 4. The van der Waals surface area contributed by atoms with Crippen molar-refractivity contribution in [1.82, 2.24) is 4.90 Å². The number of halogens is 2. The molecule has 1 aliphatic heterocycles. The highest BCUT2D eigenvalue weighted by molar-refractivity contribution is 6.42. The third-order valence-corrected chi connectivity index (χ3v) is 5.75. The van der Waals surface area contributed by atoms with E-state index < -0.39 is 23.9 Å². The van der Waals surface area contributed by atoms with E-state index in [0.29, 0.717) is 16.1 Å². The molecule has 2 amide bonds. The van der Waals surface area contributed by atoms with Gasteiger partial charge in [0.25, 0.3) is 11.8 Å². The Kier molecular flexibility index (Phi) is 5.33. The van der Waals surface area contributed by atoms with Crippen LogP contribution >= 0.6 is 23.2 Å². The van der Waals surface area contributed by atoms with Crippen LogP contribution in [0.25, 0.3) is 0 Å². The second kappa shape index (κ2) is 7.94. The van der Waals surface area contributed by atoms with Gasteiger partial charge >= 0.3 is 5.97 Å². The molecular weight excluding hydrogens is 425 g/mol. The summed E-state index contributed by atoms with van der Waals surface area (Å²) in [6.45, 7) is 0. The number of hydrogen-bond acceptors (Lipinski definition) is 4. The summed E-state index contributed by atoms with van der Waals surface area (Å²) in [4.78, 5) is 38.3. The molecule has 30 heavy (non-hydrogen) atoms. The molecule has 0 aromatic heterocycles. The van der Waals surface area contributed by atoms with Gasteiger partial charge in [-0.3, -0.25) is 14.5 Å². The van der Waals surface area contributed by atoms with Crippen LogP contribution in [0.5, 0.6) is 0 Å². The SMILES string of the molecule is CN1C(=O)c2ccc(C(=O)OC(c3ccccc3)c3cccc(Cl)c3Cl)cc2C1=O. The fourth-order valence-electron chi connectivity index (χ4n) is 3.33. The highest BCUT2D eigenvalue weighted by Gasteiger charge is 2.33. The molecule has 0 bridgehead atoms. The van der Waals surface area contributed by atoms with Crippen LogP contribution in [-0.4, -0.2) is 29.7 Å². The van der Waals surface area contributed by atoms with E-state index >= 15 is 0 Å². The highest BCUT2D eigenvalue weighted by Crippen LogP contribution is 2.36. The van der Waals surface area contributed by atoms with Gasteiger partial charge in [-0.15, -0.1) is 0 Å². The maximum absolute atomic E-state index is 13.0. The van der Waals surface area contributed by atoms with Crippen molar-refractivity contribution in [2.24, 2.45) is 0 Å². The zero-order valence-corrected chi connectivity index (χ0v) is 17.3. The maximum atomic E-state index is 13.0. The van der Waals surface area contributed by atoms with Gasteiger partial charge in [-0.2, -0.15) is 0 Å². The highest BCUT2D eigenvalue weighted by atomic mass is 35.5. The Morgan fingerprint density at radius 3 is 2.33 bits per heavy atom. The number of carbonyl (C=O) groups is 3. The van der Waals surface area contributed by atoms with E-state index in [4.69, 9.17) is 27.9 Å². The molecule has 0 N–H and O–H groups in total. The van der Waals surface area contributed by atoms with E-state index in [1.54, 1.807) is 18.2 Å². The lowest BCUT2D eigenvalue weighted by Gasteiger charge is -2.20. The number of imide groups is 1. The number of hydrogen-bond donors (Lipinski definition) is 0. The number of esters is 1. The standard InChI is InChI=1S/C23H15Cl2NO4/c1-26-21(27)15-11-10-14(12-17(15)22(26)28)23(29)30-20(13-6-3-2-4-7-13)16-8-5-9-18(24)19(16)25/h2-12,20H,1H3. The van der Waals surface area contributed by atoms with E-state index in [-0.39, 0.29) is 21.7 Å². The topological polar surface area (TPSA) is 63.7 Å². The minimum Gasteiger partial charge on any atom is -0.449 e. The lowest BCUT2D eigenvalue weighted by molar-refractivity contribution is 0.0378. The summed E-state index contributed by atoms with van der Waals surface area (Å²) in [7, 11) is 1.40. The third kappa shape index (κ3) is 3.47. The average Bonchev–Trinajstić information content (AvgIpc) is 2.98. The molecule has 150 valence electrons. The van der Waals surface area contributed by atoms with Gasteiger partial charge in [-0.25, -0.2) is 4.79 Å². The van der Waals surface area contributed by atoms with Gasteiger partial charge in [-0.1, -0.05) is 65.7 Å². The van der Waals surface area contributed by atoms with Crippen molar-refractivity contribution in [1.29, 1.82) is 0 Å². The number of ether oxygens (including phenoxy) is 1. The van der Waals surface area contributed by atoms with E-state index in [1.165, 1.54) is 25.2 Å². The van der Waals surface area contributed by atoms with Crippen LogP contribution in [0, 0.1) is 0 Å². The summed E-state index contributed by atoms with van der Waals surface area (Å²) in [5.74, 6) is -1.51. The lowest BCUT2D eigenvalue weighted by Crippen LogP contribution is -2.24. The third-order valence-electron chi connectivity index (χ3n) is 4.92. The molecule has 0 aliphatic carbocycles. The molecule has 1 heterocycles. The first-order valence-electron chi connectivity index (χ1n) is 9.04. The maximum Gasteiger partial charge on any atom is 0.339 e. The quantitative estimate of drug-likeness (QED) is 0.415. The van der Waals surface area contributed by atoms with Crippen LogP contribution in [0.4, 0.5) is 0 Å². The van der Waals surface area contributed by atoms with Gasteiger partial charge in [0.2, 0.25) is 0 Å². The van der Waals surface area contributed by atoms with Crippen LogP contribution in [0.3, 0.4) is 0 Å². The summed E-state index contributed by atoms with van der Waals surface area (Å²) in [5.41, 5.74) is 1.84. The van der Waals surface area contributed by atoms with E-state index in [0.717, 1.165) is 4.90 Å². The molecule has 0 fully saturated rings. The van der Waals surface area contributed by atoms with Gasteiger partial charge in [0.1, 0.15) is 0 Å². The van der Waals surface area contributed by atoms with Crippen LogP contribution in [0.15, 0.2) is 66.7 Å². The minimum absolute atomic E-state index is 0.157. The van der Waals surface area contributed by atoms with Gasteiger partial charge in [0, 0.05) is 12.6 Å². The van der Waals surface area contributed by atoms with Crippen molar-refractivity contribution >= 4 is 41.0 Å². The fraction of sp³-hybridized carbons (Fsp3) is 0.0870. The van der Waals surface area contributed by atoms with Crippen LogP contribution in [0.1, 0.15) is 48.3 Å². The molecule has 3 aromatic carbocycles. The van der Waals surface area contributed by atoms with Gasteiger partial charge in [-0.05, 0) is 29.8 Å². The minimum atomic E-state index is -0.807. The van der Waals surface area contributed by atoms with Crippen LogP contribution < -0.4 is 0 Å². The summed E-state index contributed by atoms with van der Waals surface area (Å²) < 4.78 is 5.80.